The molecule has 0 radical (unpaired) electrons. The molecule has 0 spiro atoms. The van der Waals surface area contributed by atoms with Gasteiger partial charge >= 0.3 is 0 Å². The monoisotopic (exact) mass is 283 g/mol. The van der Waals surface area contributed by atoms with Crippen LogP contribution in [-0.2, 0) is 13.0 Å². The Morgan fingerprint density at radius 2 is 2.05 bits per heavy atom. The molecular weight excluding hydrogens is 258 g/mol. The first kappa shape index (κ1) is 14.3. The lowest BCUT2D eigenvalue weighted by molar-refractivity contribution is 0.415. The van der Waals surface area contributed by atoms with Gasteiger partial charge in [0, 0.05) is 6.54 Å². The van der Waals surface area contributed by atoms with Gasteiger partial charge in [0.15, 0.2) is 0 Å². The largest absolute Gasteiger partial charge is 0.319 e. The fourth-order valence-corrected chi connectivity index (χ4v) is 3.21. The maximum absolute atomic E-state index is 6.62. The van der Waals surface area contributed by atoms with Crippen molar-refractivity contribution in [3.05, 3.63) is 52.8 Å². The summed E-state index contributed by atoms with van der Waals surface area (Å²) in [6, 6.07) is 10.8. The number of aromatic nitrogens is 2. The molecule has 1 aromatic carbocycles. The maximum Gasteiger partial charge on any atom is 0.0726 e. The number of aryl methyl sites for hydroxylation is 2. The lowest BCUT2D eigenvalue weighted by Crippen LogP contribution is -2.21. The topological polar surface area (TPSA) is 43.8 Å². The third kappa shape index (κ3) is 2.62. The zero-order valence-corrected chi connectivity index (χ0v) is 13.0. The summed E-state index contributed by atoms with van der Waals surface area (Å²) in [7, 11) is 0. The first-order chi connectivity index (χ1) is 10.2. The molecule has 1 fully saturated rings. The Hall–Kier alpha value is -1.61. The van der Waals surface area contributed by atoms with Crippen LogP contribution in [0.5, 0.6) is 0 Å². The highest BCUT2D eigenvalue weighted by Gasteiger charge is 2.25. The van der Waals surface area contributed by atoms with Gasteiger partial charge in [0.25, 0.3) is 0 Å². The molecule has 1 heterocycles. The molecule has 0 saturated heterocycles. The first-order valence-electron chi connectivity index (χ1n) is 8.15. The number of hydrogen-bond acceptors (Lipinski definition) is 2. The molecule has 1 aliphatic carbocycles. The lowest BCUT2D eigenvalue weighted by Gasteiger charge is -2.29. The zero-order valence-electron chi connectivity index (χ0n) is 13.0. The Bertz CT molecular complexity index is 611. The maximum atomic E-state index is 6.62. The Labute approximate surface area is 127 Å². The second kappa shape index (κ2) is 6.02. The Morgan fingerprint density at radius 1 is 1.29 bits per heavy atom. The van der Waals surface area contributed by atoms with Gasteiger partial charge in [-0.15, -0.1) is 0 Å². The van der Waals surface area contributed by atoms with Crippen molar-refractivity contribution in [2.45, 2.75) is 58.0 Å². The predicted octanol–water partition coefficient (Wildman–Crippen LogP) is 3.78. The van der Waals surface area contributed by atoms with Crippen LogP contribution in [0.15, 0.2) is 30.3 Å². The minimum Gasteiger partial charge on any atom is -0.319 e. The van der Waals surface area contributed by atoms with Gasteiger partial charge in [0.05, 0.1) is 17.4 Å². The summed E-state index contributed by atoms with van der Waals surface area (Å²) in [6.07, 6.45) is 4.91. The first-order valence-corrected chi connectivity index (χ1v) is 8.15. The van der Waals surface area contributed by atoms with E-state index < -0.39 is 0 Å². The summed E-state index contributed by atoms with van der Waals surface area (Å²) in [5.41, 5.74) is 11.6. The Morgan fingerprint density at radius 3 is 2.67 bits per heavy atom. The second-order valence-corrected chi connectivity index (χ2v) is 5.96. The molecule has 1 unspecified atom stereocenters. The minimum absolute atomic E-state index is 0.0745. The van der Waals surface area contributed by atoms with Crippen LogP contribution in [0.4, 0.5) is 0 Å². The fourth-order valence-electron chi connectivity index (χ4n) is 3.21. The number of rotatable bonds is 5. The molecule has 21 heavy (non-hydrogen) atoms. The molecule has 112 valence electrons. The summed E-state index contributed by atoms with van der Waals surface area (Å²) >= 11 is 0. The zero-order chi connectivity index (χ0) is 14.8. The van der Waals surface area contributed by atoms with Crippen LogP contribution in [0.3, 0.4) is 0 Å². The van der Waals surface area contributed by atoms with E-state index in [1.807, 2.05) is 0 Å². The van der Waals surface area contributed by atoms with Crippen molar-refractivity contribution in [3.63, 3.8) is 0 Å². The molecule has 2 aromatic rings. The highest BCUT2D eigenvalue weighted by molar-refractivity contribution is 5.38. The average molecular weight is 283 g/mol. The quantitative estimate of drug-likeness (QED) is 0.907. The number of hydrogen-bond donors (Lipinski definition) is 1. The normalized spacial score (nSPS) is 16.7. The van der Waals surface area contributed by atoms with E-state index in [1.54, 1.807) is 0 Å². The van der Waals surface area contributed by atoms with E-state index in [0.29, 0.717) is 5.92 Å². The van der Waals surface area contributed by atoms with E-state index in [4.69, 9.17) is 5.73 Å². The van der Waals surface area contributed by atoms with Crippen LogP contribution in [0.1, 0.15) is 67.6 Å². The molecule has 1 aliphatic rings. The molecule has 1 aromatic heterocycles. The summed E-state index contributed by atoms with van der Waals surface area (Å²) in [6.45, 7) is 5.13. The smallest absolute Gasteiger partial charge is 0.0726 e. The highest BCUT2D eigenvalue weighted by Crippen LogP contribution is 2.40. The van der Waals surface area contributed by atoms with Gasteiger partial charge in [-0.25, -0.2) is 0 Å². The molecule has 0 bridgehead atoms. The summed E-state index contributed by atoms with van der Waals surface area (Å²) in [4.78, 5) is 0. The van der Waals surface area contributed by atoms with E-state index in [9.17, 15) is 0 Å². The number of nitrogens with two attached hydrogens (primary N) is 1. The number of nitrogens with zero attached hydrogens (tertiary/aromatic N) is 2. The van der Waals surface area contributed by atoms with Gasteiger partial charge in [-0.1, -0.05) is 37.6 Å². The van der Waals surface area contributed by atoms with Gasteiger partial charge < -0.3 is 5.73 Å². The molecule has 1 atom stereocenters. The number of benzene rings is 1. The van der Waals surface area contributed by atoms with Crippen LogP contribution in [0, 0.1) is 0 Å². The minimum atomic E-state index is -0.0745. The lowest BCUT2D eigenvalue weighted by atomic mass is 9.77. The standard InChI is InChI=1S/C18H25N3/c1-3-14-12-17(21(4-2)20-14)18(19)16-11-6-5-10-15(16)13-8-7-9-13/h5-6,10-13,18H,3-4,7-9,19H2,1-2H3. The van der Waals surface area contributed by atoms with Crippen molar-refractivity contribution in [1.82, 2.24) is 9.78 Å². The molecule has 1 saturated carbocycles. The average Bonchev–Trinajstić information content (AvgIpc) is 2.89. The van der Waals surface area contributed by atoms with Crippen molar-refractivity contribution in [3.8, 4) is 0 Å². The van der Waals surface area contributed by atoms with E-state index in [2.05, 4.69) is 54.0 Å². The van der Waals surface area contributed by atoms with Crippen molar-refractivity contribution >= 4 is 0 Å². The molecule has 2 N–H and O–H groups in total. The third-order valence-electron chi connectivity index (χ3n) is 4.72. The van der Waals surface area contributed by atoms with Crippen LogP contribution < -0.4 is 5.73 Å². The predicted molar refractivity (Wildman–Crippen MR) is 86.3 cm³/mol. The van der Waals surface area contributed by atoms with Gasteiger partial charge in [0.1, 0.15) is 0 Å². The summed E-state index contributed by atoms with van der Waals surface area (Å²) in [5.74, 6) is 0.705. The molecule has 3 nitrogen and oxygen atoms in total. The van der Waals surface area contributed by atoms with Crippen molar-refractivity contribution in [2.75, 3.05) is 0 Å². The Kier molecular flexibility index (Phi) is 4.11. The molecule has 0 aliphatic heterocycles. The van der Waals surface area contributed by atoms with Gasteiger partial charge in [0.2, 0.25) is 0 Å². The van der Waals surface area contributed by atoms with Gasteiger partial charge in [-0.3, -0.25) is 4.68 Å². The third-order valence-corrected chi connectivity index (χ3v) is 4.72. The van der Waals surface area contributed by atoms with Crippen LogP contribution >= 0.6 is 0 Å². The SMILES string of the molecule is CCc1cc(C(N)c2ccccc2C2CCC2)n(CC)n1. The molecule has 3 heteroatoms. The van der Waals surface area contributed by atoms with Crippen molar-refractivity contribution in [2.24, 2.45) is 5.73 Å². The van der Waals surface area contributed by atoms with Crippen LogP contribution in [0.25, 0.3) is 0 Å². The van der Waals surface area contributed by atoms with Gasteiger partial charge in [-0.05, 0) is 49.3 Å². The molecular formula is C18H25N3. The van der Waals surface area contributed by atoms with E-state index >= 15 is 0 Å². The van der Waals surface area contributed by atoms with E-state index in [0.717, 1.165) is 24.4 Å². The summed E-state index contributed by atoms with van der Waals surface area (Å²) in [5, 5.41) is 4.64. The summed E-state index contributed by atoms with van der Waals surface area (Å²) < 4.78 is 2.06. The second-order valence-electron chi connectivity index (χ2n) is 5.96. The fraction of sp³-hybridized carbons (Fsp3) is 0.500. The molecule has 0 amide bonds. The van der Waals surface area contributed by atoms with Crippen molar-refractivity contribution < 1.29 is 0 Å². The van der Waals surface area contributed by atoms with Crippen LogP contribution in [0.2, 0.25) is 0 Å². The highest BCUT2D eigenvalue weighted by atomic mass is 15.3. The van der Waals surface area contributed by atoms with Crippen molar-refractivity contribution in [1.29, 1.82) is 0 Å². The van der Waals surface area contributed by atoms with Crippen LogP contribution in [-0.4, -0.2) is 9.78 Å². The van der Waals surface area contributed by atoms with E-state index in [1.165, 1.54) is 30.4 Å². The van der Waals surface area contributed by atoms with E-state index in [-0.39, 0.29) is 6.04 Å². The van der Waals surface area contributed by atoms with Gasteiger partial charge in [-0.2, -0.15) is 5.10 Å². The molecule has 3 rings (SSSR count). The Balaban J connectivity index is 1.98.